The van der Waals surface area contributed by atoms with Crippen LogP contribution in [0.1, 0.15) is 25.3 Å². The molecule has 1 aromatic heterocycles. The number of nitrogens with zero attached hydrogens (tertiary/aromatic N) is 1. The van der Waals surface area contributed by atoms with E-state index in [9.17, 15) is 8.42 Å². The Morgan fingerprint density at radius 2 is 2.24 bits per heavy atom. The summed E-state index contributed by atoms with van der Waals surface area (Å²) < 4.78 is 32.1. The van der Waals surface area contributed by atoms with Crippen molar-refractivity contribution in [1.82, 2.24) is 9.62 Å². The lowest BCUT2D eigenvalue weighted by Gasteiger charge is -2.15. The second-order valence-electron chi connectivity index (χ2n) is 5.40. The molecule has 5 nitrogen and oxygen atoms in total. The maximum Gasteiger partial charge on any atom is 0.252 e. The van der Waals surface area contributed by atoms with Gasteiger partial charge in [-0.25, -0.2) is 8.42 Å². The molecule has 0 saturated heterocycles. The zero-order valence-corrected chi connectivity index (χ0v) is 14.3. The minimum Gasteiger partial charge on any atom is -0.380 e. The van der Waals surface area contributed by atoms with Crippen molar-refractivity contribution in [1.29, 1.82) is 0 Å². The molecule has 0 aromatic carbocycles. The van der Waals surface area contributed by atoms with E-state index in [-0.39, 0.29) is 0 Å². The van der Waals surface area contributed by atoms with Crippen LogP contribution in [0.15, 0.2) is 15.7 Å². The molecule has 21 heavy (non-hydrogen) atoms. The number of hydrogen-bond acceptors (Lipinski definition) is 5. The third kappa shape index (κ3) is 5.03. The van der Waals surface area contributed by atoms with Gasteiger partial charge < -0.3 is 10.1 Å². The summed E-state index contributed by atoms with van der Waals surface area (Å²) >= 11 is 1.28. The van der Waals surface area contributed by atoms with Gasteiger partial charge in [0.05, 0.1) is 6.61 Å². The molecule has 1 N–H and O–H groups in total. The molecule has 1 aromatic rings. The van der Waals surface area contributed by atoms with E-state index in [1.165, 1.54) is 28.5 Å². The van der Waals surface area contributed by atoms with Crippen LogP contribution in [0.5, 0.6) is 0 Å². The topological polar surface area (TPSA) is 58.6 Å². The fourth-order valence-corrected chi connectivity index (χ4v) is 4.43. The van der Waals surface area contributed by atoms with Gasteiger partial charge in [-0.3, -0.25) is 0 Å². The summed E-state index contributed by atoms with van der Waals surface area (Å²) in [5.41, 5.74) is 1.01. The molecule has 1 saturated carbocycles. The van der Waals surface area contributed by atoms with Crippen LogP contribution in [0.3, 0.4) is 0 Å². The highest BCUT2D eigenvalue weighted by Gasteiger charge is 2.24. The van der Waals surface area contributed by atoms with Crippen LogP contribution in [0.2, 0.25) is 0 Å². The summed E-state index contributed by atoms with van der Waals surface area (Å²) in [5.74, 6) is 0.706. The normalized spacial score (nSPS) is 15.8. The first-order valence-corrected chi connectivity index (χ1v) is 9.68. The molecular weight excluding hydrogens is 308 g/mol. The molecule has 120 valence electrons. The molecular formula is C14H24N2O3S2. The number of hydrogen-bond donors (Lipinski definition) is 1. The van der Waals surface area contributed by atoms with Gasteiger partial charge in [-0.2, -0.15) is 4.31 Å². The fraction of sp³-hybridized carbons (Fsp3) is 0.714. The minimum absolute atomic E-state index is 0.398. The summed E-state index contributed by atoms with van der Waals surface area (Å²) in [6.45, 7) is 5.23. The fourth-order valence-electron chi connectivity index (χ4n) is 1.85. The molecule has 1 fully saturated rings. The highest BCUT2D eigenvalue weighted by molar-refractivity contribution is 7.91. The Balaban J connectivity index is 1.84. The van der Waals surface area contributed by atoms with Gasteiger partial charge >= 0.3 is 0 Å². The third-order valence-corrected chi connectivity index (χ3v) is 6.80. The predicted octanol–water partition coefficient (Wildman–Crippen LogP) is 1.90. The SMILES string of the molecule is CCNCc1csc(S(=O)(=O)N(C)CCOCC2CC2)c1. The van der Waals surface area contributed by atoms with Crippen LogP contribution >= 0.6 is 11.3 Å². The lowest BCUT2D eigenvalue weighted by Crippen LogP contribution is -2.30. The Morgan fingerprint density at radius 3 is 2.90 bits per heavy atom. The van der Waals surface area contributed by atoms with Crippen LogP contribution in [0, 0.1) is 5.92 Å². The van der Waals surface area contributed by atoms with Crippen molar-refractivity contribution in [2.24, 2.45) is 5.92 Å². The standard InChI is InChI=1S/C14H24N2O3S2/c1-3-15-9-13-8-14(20-11-13)21(17,18)16(2)6-7-19-10-12-4-5-12/h8,11-12,15H,3-7,9-10H2,1-2H3. The van der Waals surface area contributed by atoms with Gasteiger partial charge in [0.2, 0.25) is 0 Å². The smallest absolute Gasteiger partial charge is 0.252 e. The quantitative estimate of drug-likeness (QED) is 0.665. The zero-order valence-electron chi connectivity index (χ0n) is 12.7. The maximum absolute atomic E-state index is 12.4. The number of rotatable bonds is 10. The summed E-state index contributed by atoms with van der Waals surface area (Å²) in [7, 11) is -1.77. The molecule has 1 aliphatic rings. The van der Waals surface area contributed by atoms with E-state index in [0.717, 1.165) is 18.7 Å². The number of nitrogens with one attached hydrogen (secondary N) is 1. The van der Waals surface area contributed by atoms with E-state index in [0.29, 0.717) is 29.8 Å². The van der Waals surface area contributed by atoms with Crippen LogP contribution in [-0.4, -0.2) is 46.1 Å². The summed E-state index contributed by atoms with van der Waals surface area (Å²) in [4.78, 5) is 0. The van der Waals surface area contributed by atoms with Gasteiger partial charge in [0.15, 0.2) is 0 Å². The first-order chi connectivity index (χ1) is 10.0. The van der Waals surface area contributed by atoms with Gasteiger partial charge in [-0.15, -0.1) is 11.3 Å². The predicted molar refractivity (Wildman–Crippen MR) is 85.1 cm³/mol. The molecule has 2 rings (SSSR count). The largest absolute Gasteiger partial charge is 0.380 e. The van der Waals surface area contributed by atoms with Crippen molar-refractivity contribution >= 4 is 21.4 Å². The molecule has 0 atom stereocenters. The molecule has 1 aliphatic carbocycles. The zero-order chi connectivity index (χ0) is 15.3. The second-order valence-corrected chi connectivity index (χ2v) is 8.58. The first-order valence-electron chi connectivity index (χ1n) is 7.36. The number of likely N-dealkylation sites (N-methyl/N-ethyl adjacent to an activating group) is 1. The summed E-state index contributed by atoms with van der Waals surface area (Å²) in [6.07, 6.45) is 2.50. The van der Waals surface area contributed by atoms with Gasteiger partial charge in [0, 0.05) is 26.7 Å². The average molecular weight is 332 g/mol. The Bertz CT molecular complexity index is 538. The highest BCUT2D eigenvalue weighted by Crippen LogP contribution is 2.28. The molecule has 0 spiro atoms. The monoisotopic (exact) mass is 332 g/mol. The molecule has 7 heteroatoms. The van der Waals surface area contributed by atoms with Gasteiger partial charge in [0.25, 0.3) is 10.0 Å². The van der Waals surface area contributed by atoms with Crippen molar-refractivity contribution in [3.8, 4) is 0 Å². The molecule has 0 bridgehead atoms. The number of sulfonamides is 1. The van der Waals surface area contributed by atoms with Gasteiger partial charge in [0.1, 0.15) is 4.21 Å². The second kappa shape index (κ2) is 7.69. The van der Waals surface area contributed by atoms with Crippen LogP contribution in [0.4, 0.5) is 0 Å². The van der Waals surface area contributed by atoms with Crippen molar-refractivity contribution < 1.29 is 13.2 Å². The molecule has 0 unspecified atom stereocenters. The van der Waals surface area contributed by atoms with Crippen molar-refractivity contribution in [2.75, 3.05) is 33.4 Å². The Kier molecular flexibility index (Phi) is 6.19. The van der Waals surface area contributed by atoms with E-state index in [1.807, 2.05) is 12.3 Å². The van der Waals surface area contributed by atoms with Crippen LogP contribution in [0.25, 0.3) is 0 Å². The third-order valence-electron chi connectivity index (χ3n) is 3.47. The number of ether oxygens (including phenoxy) is 1. The Labute approximate surface area is 131 Å². The Hall–Kier alpha value is -0.470. The van der Waals surface area contributed by atoms with E-state index >= 15 is 0 Å². The van der Waals surface area contributed by atoms with Gasteiger partial charge in [-0.1, -0.05) is 6.92 Å². The van der Waals surface area contributed by atoms with Crippen molar-refractivity contribution in [3.63, 3.8) is 0 Å². The summed E-state index contributed by atoms with van der Waals surface area (Å²) in [6, 6.07) is 1.75. The molecule has 1 heterocycles. The lowest BCUT2D eigenvalue weighted by atomic mass is 10.3. The summed E-state index contributed by atoms with van der Waals surface area (Å²) in [5, 5.41) is 5.09. The van der Waals surface area contributed by atoms with E-state index in [1.54, 1.807) is 13.1 Å². The first kappa shape index (κ1) is 16.9. The highest BCUT2D eigenvalue weighted by atomic mass is 32.2. The van der Waals surface area contributed by atoms with E-state index in [4.69, 9.17) is 4.74 Å². The molecule has 0 aliphatic heterocycles. The average Bonchev–Trinajstić information content (AvgIpc) is 3.16. The Morgan fingerprint density at radius 1 is 1.48 bits per heavy atom. The number of thiophene rings is 1. The molecule has 0 radical (unpaired) electrons. The van der Waals surface area contributed by atoms with E-state index < -0.39 is 10.0 Å². The minimum atomic E-state index is -3.38. The van der Waals surface area contributed by atoms with Crippen LogP contribution in [-0.2, 0) is 21.3 Å². The van der Waals surface area contributed by atoms with E-state index in [2.05, 4.69) is 5.32 Å². The lowest BCUT2D eigenvalue weighted by molar-refractivity contribution is 0.117. The van der Waals surface area contributed by atoms with Crippen molar-refractivity contribution in [2.45, 2.75) is 30.5 Å². The maximum atomic E-state index is 12.4. The van der Waals surface area contributed by atoms with Crippen LogP contribution < -0.4 is 5.32 Å². The van der Waals surface area contributed by atoms with Crippen molar-refractivity contribution in [3.05, 3.63) is 17.0 Å². The van der Waals surface area contributed by atoms with Gasteiger partial charge in [-0.05, 0) is 42.3 Å². The molecule has 0 amide bonds.